The molecule has 0 aliphatic carbocycles. The summed E-state index contributed by atoms with van der Waals surface area (Å²) in [5.74, 6) is 0.597. The lowest BCUT2D eigenvalue weighted by Gasteiger charge is -2.32. The first-order valence-electron chi connectivity index (χ1n) is 9.85. The van der Waals surface area contributed by atoms with E-state index in [2.05, 4.69) is 20.4 Å². The molecular formula is C22H26F3N5. The molecule has 0 spiro atoms. The molecule has 0 unspecified atom stereocenters. The third-order valence-electron chi connectivity index (χ3n) is 4.93. The van der Waals surface area contributed by atoms with E-state index >= 15 is 0 Å². The molecule has 5 nitrogen and oxygen atoms in total. The van der Waals surface area contributed by atoms with Crippen LogP contribution in [0.25, 0.3) is 0 Å². The summed E-state index contributed by atoms with van der Waals surface area (Å²) in [5.41, 5.74) is 0.758. The third kappa shape index (κ3) is 4.87. The molecule has 0 aliphatic rings. The molecule has 0 saturated heterocycles. The molecule has 30 heavy (non-hydrogen) atoms. The van der Waals surface area contributed by atoms with Crippen molar-refractivity contribution in [1.82, 2.24) is 25.1 Å². The first kappa shape index (κ1) is 22.0. The van der Waals surface area contributed by atoms with E-state index < -0.39 is 17.8 Å². The van der Waals surface area contributed by atoms with Gasteiger partial charge in [0.15, 0.2) is 5.82 Å². The molecule has 1 atom stereocenters. The zero-order valence-corrected chi connectivity index (χ0v) is 17.6. The Hall–Kier alpha value is -2.74. The Bertz CT molecular complexity index is 943. The van der Waals surface area contributed by atoms with Crippen LogP contribution in [-0.4, -0.2) is 31.7 Å². The van der Waals surface area contributed by atoms with Gasteiger partial charge in [-0.2, -0.15) is 13.2 Å². The Morgan fingerprint density at radius 2 is 1.60 bits per heavy atom. The predicted molar refractivity (Wildman–Crippen MR) is 109 cm³/mol. The number of rotatable bonds is 6. The summed E-state index contributed by atoms with van der Waals surface area (Å²) in [6, 6.07) is 14.8. The van der Waals surface area contributed by atoms with Gasteiger partial charge in [-0.3, -0.25) is 4.90 Å². The van der Waals surface area contributed by atoms with Gasteiger partial charge in [-0.1, -0.05) is 49.4 Å². The zero-order chi connectivity index (χ0) is 21.9. The Labute approximate surface area is 174 Å². The van der Waals surface area contributed by atoms with E-state index in [0.717, 1.165) is 17.7 Å². The van der Waals surface area contributed by atoms with Crippen molar-refractivity contribution in [2.24, 2.45) is 0 Å². The molecule has 0 N–H and O–H groups in total. The third-order valence-corrected chi connectivity index (χ3v) is 4.93. The Morgan fingerprint density at radius 1 is 0.967 bits per heavy atom. The van der Waals surface area contributed by atoms with Crippen molar-refractivity contribution in [1.29, 1.82) is 0 Å². The van der Waals surface area contributed by atoms with Gasteiger partial charge in [0, 0.05) is 6.54 Å². The van der Waals surface area contributed by atoms with Gasteiger partial charge in [0.1, 0.15) is 0 Å². The number of tetrazole rings is 1. The van der Waals surface area contributed by atoms with E-state index in [-0.39, 0.29) is 5.54 Å². The van der Waals surface area contributed by atoms with Crippen molar-refractivity contribution < 1.29 is 13.2 Å². The highest BCUT2D eigenvalue weighted by Crippen LogP contribution is 2.34. The number of benzene rings is 2. The first-order chi connectivity index (χ1) is 14.1. The quantitative estimate of drug-likeness (QED) is 0.563. The maximum Gasteiger partial charge on any atom is 0.416 e. The second-order valence-corrected chi connectivity index (χ2v) is 8.19. The van der Waals surface area contributed by atoms with Crippen LogP contribution >= 0.6 is 0 Å². The molecular weight excluding hydrogens is 391 g/mol. The minimum Gasteiger partial charge on any atom is -0.286 e. The van der Waals surface area contributed by atoms with Crippen LogP contribution in [0.5, 0.6) is 0 Å². The summed E-state index contributed by atoms with van der Waals surface area (Å²) in [6.07, 6.45) is -4.38. The standard InChI is InChI=1S/C22H26F3N5/c1-5-29(15-16-9-7-6-8-10-16)19(20-26-27-28-30(20)21(2,3)4)17-11-13-18(14-12-17)22(23,24)25/h6-14,19H,5,15H2,1-4H3/t19-/m0/s1. The number of hydrogen-bond donors (Lipinski definition) is 0. The van der Waals surface area contributed by atoms with Crippen LogP contribution < -0.4 is 0 Å². The van der Waals surface area contributed by atoms with Gasteiger partial charge in [0.25, 0.3) is 0 Å². The van der Waals surface area contributed by atoms with Crippen molar-refractivity contribution in [3.63, 3.8) is 0 Å². The van der Waals surface area contributed by atoms with Gasteiger partial charge in [0.05, 0.1) is 17.1 Å². The summed E-state index contributed by atoms with van der Waals surface area (Å²) in [7, 11) is 0. The van der Waals surface area contributed by atoms with Crippen molar-refractivity contribution in [3.05, 3.63) is 77.1 Å². The first-order valence-corrected chi connectivity index (χ1v) is 9.85. The van der Waals surface area contributed by atoms with Gasteiger partial charge in [-0.25, -0.2) is 4.68 Å². The topological polar surface area (TPSA) is 46.8 Å². The average molecular weight is 417 g/mol. The second-order valence-electron chi connectivity index (χ2n) is 8.19. The summed E-state index contributed by atoms with van der Waals surface area (Å²) < 4.78 is 41.0. The molecule has 0 fully saturated rings. The maximum absolute atomic E-state index is 13.1. The molecule has 3 rings (SSSR count). The lowest BCUT2D eigenvalue weighted by atomic mass is 10.00. The average Bonchev–Trinajstić information content (AvgIpc) is 3.18. The summed E-state index contributed by atoms with van der Waals surface area (Å²) >= 11 is 0. The van der Waals surface area contributed by atoms with E-state index in [0.29, 0.717) is 24.5 Å². The number of nitrogens with zero attached hydrogens (tertiary/aromatic N) is 5. The van der Waals surface area contributed by atoms with Crippen LogP contribution in [0.3, 0.4) is 0 Å². The number of hydrogen-bond acceptors (Lipinski definition) is 4. The number of alkyl halides is 3. The molecule has 8 heteroatoms. The monoisotopic (exact) mass is 417 g/mol. The van der Waals surface area contributed by atoms with Gasteiger partial charge in [-0.05, 0) is 61.0 Å². The number of aromatic nitrogens is 4. The summed E-state index contributed by atoms with van der Waals surface area (Å²) in [4.78, 5) is 2.16. The molecule has 1 aromatic heterocycles. The predicted octanol–water partition coefficient (Wildman–Crippen LogP) is 5.06. The largest absolute Gasteiger partial charge is 0.416 e. The zero-order valence-electron chi connectivity index (χ0n) is 17.6. The van der Waals surface area contributed by atoms with Crippen molar-refractivity contribution in [3.8, 4) is 0 Å². The van der Waals surface area contributed by atoms with E-state index in [1.807, 2.05) is 58.0 Å². The van der Waals surface area contributed by atoms with Crippen molar-refractivity contribution >= 4 is 0 Å². The Balaban J connectivity index is 2.08. The van der Waals surface area contributed by atoms with Crippen LogP contribution in [0.1, 0.15) is 56.3 Å². The summed E-state index contributed by atoms with van der Waals surface area (Å²) in [5, 5.41) is 12.3. The lowest BCUT2D eigenvalue weighted by molar-refractivity contribution is -0.137. The minimum absolute atomic E-state index is 0.380. The summed E-state index contributed by atoms with van der Waals surface area (Å²) in [6.45, 7) is 9.27. The van der Waals surface area contributed by atoms with E-state index in [9.17, 15) is 13.2 Å². The second kappa shape index (κ2) is 8.55. The highest BCUT2D eigenvalue weighted by molar-refractivity contribution is 5.30. The fourth-order valence-electron chi connectivity index (χ4n) is 3.42. The number of halogens is 3. The molecule has 0 bridgehead atoms. The van der Waals surface area contributed by atoms with E-state index in [1.165, 1.54) is 12.1 Å². The molecule has 0 aliphatic heterocycles. The fraction of sp³-hybridized carbons (Fsp3) is 0.409. The molecule has 3 aromatic rings. The van der Waals surface area contributed by atoms with Gasteiger partial charge < -0.3 is 0 Å². The molecule has 160 valence electrons. The maximum atomic E-state index is 13.1. The van der Waals surface area contributed by atoms with Crippen LogP contribution in [0.15, 0.2) is 54.6 Å². The van der Waals surface area contributed by atoms with Crippen LogP contribution in [0, 0.1) is 0 Å². The van der Waals surface area contributed by atoms with E-state index in [4.69, 9.17) is 0 Å². The highest BCUT2D eigenvalue weighted by Gasteiger charge is 2.33. The Kier molecular flexibility index (Phi) is 6.26. The van der Waals surface area contributed by atoms with Gasteiger partial charge in [0.2, 0.25) is 0 Å². The Morgan fingerprint density at radius 3 is 2.13 bits per heavy atom. The van der Waals surface area contributed by atoms with Crippen LogP contribution in [-0.2, 0) is 18.3 Å². The van der Waals surface area contributed by atoms with Crippen molar-refractivity contribution in [2.75, 3.05) is 6.54 Å². The smallest absolute Gasteiger partial charge is 0.286 e. The van der Waals surface area contributed by atoms with E-state index in [1.54, 1.807) is 4.68 Å². The highest BCUT2D eigenvalue weighted by atomic mass is 19.4. The SMILES string of the molecule is CCN(Cc1ccccc1)[C@@H](c1ccc(C(F)(F)F)cc1)c1nnnn1C(C)(C)C. The van der Waals surface area contributed by atoms with Crippen LogP contribution in [0.4, 0.5) is 13.2 Å². The van der Waals surface area contributed by atoms with Crippen LogP contribution in [0.2, 0.25) is 0 Å². The van der Waals surface area contributed by atoms with Gasteiger partial charge in [-0.15, -0.1) is 5.10 Å². The molecule has 0 amide bonds. The molecule has 0 saturated carbocycles. The minimum atomic E-state index is -4.38. The molecule has 1 heterocycles. The van der Waals surface area contributed by atoms with Gasteiger partial charge >= 0.3 is 6.18 Å². The molecule has 2 aromatic carbocycles. The fourth-order valence-corrected chi connectivity index (χ4v) is 3.42. The lowest BCUT2D eigenvalue weighted by Crippen LogP contribution is -2.35. The normalized spacial score (nSPS) is 13.6. The van der Waals surface area contributed by atoms with Crippen molar-refractivity contribution in [2.45, 2.75) is 52.0 Å². The molecule has 0 radical (unpaired) electrons.